The number of ether oxygens (including phenoxy) is 1. The SMILES string of the molecule is Cc1nn(C)cc1CN1CCO[C@H](c2cccc(Cc3ccc(F)cc3)n2)C1. The van der Waals surface area contributed by atoms with E-state index in [4.69, 9.17) is 9.72 Å². The van der Waals surface area contributed by atoms with Crippen molar-refractivity contribution < 1.29 is 9.13 Å². The van der Waals surface area contributed by atoms with E-state index in [1.807, 2.05) is 36.9 Å². The predicted molar refractivity (Wildman–Crippen MR) is 105 cm³/mol. The molecule has 1 aliphatic rings. The summed E-state index contributed by atoms with van der Waals surface area (Å²) in [6.07, 6.45) is 2.72. The molecule has 3 heterocycles. The number of nitrogens with zero attached hydrogens (tertiary/aromatic N) is 4. The summed E-state index contributed by atoms with van der Waals surface area (Å²) in [6.45, 7) is 5.32. The van der Waals surface area contributed by atoms with Crippen molar-refractivity contribution in [1.29, 1.82) is 0 Å². The first-order chi connectivity index (χ1) is 13.6. The Bertz CT molecular complexity index is 938. The molecule has 0 unspecified atom stereocenters. The maximum atomic E-state index is 13.1. The van der Waals surface area contributed by atoms with Crippen LogP contribution in [-0.4, -0.2) is 39.4 Å². The van der Waals surface area contributed by atoms with Crippen LogP contribution in [0.5, 0.6) is 0 Å². The maximum absolute atomic E-state index is 13.1. The van der Waals surface area contributed by atoms with Gasteiger partial charge in [0, 0.05) is 50.6 Å². The van der Waals surface area contributed by atoms with Crippen LogP contribution in [-0.2, 0) is 24.8 Å². The van der Waals surface area contributed by atoms with Crippen LogP contribution >= 0.6 is 0 Å². The largest absolute Gasteiger partial charge is 0.369 e. The molecule has 1 fully saturated rings. The van der Waals surface area contributed by atoms with Gasteiger partial charge in [-0.2, -0.15) is 5.10 Å². The van der Waals surface area contributed by atoms with E-state index in [1.54, 1.807) is 12.1 Å². The predicted octanol–water partition coefficient (Wildman–Crippen LogP) is 3.43. The molecular weight excluding hydrogens is 355 g/mol. The molecule has 0 aliphatic carbocycles. The van der Waals surface area contributed by atoms with E-state index in [1.165, 1.54) is 17.7 Å². The van der Waals surface area contributed by atoms with Crippen molar-refractivity contribution in [3.8, 4) is 0 Å². The van der Waals surface area contributed by atoms with Crippen LogP contribution in [0.1, 0.15) is 34.3 Å². The summed E-state index contributed by atoms with van der Waals surface area (Å²) in [4.78, 5) is 7.21. The second-order valence-corrected chi connectivity index (χ2v) is 7.36. The lowest BCUT2D eigenvalue weighted by atomic mass is 10.1. The van der Waals surface area contributed by atoms with Gasteiger partial charge in [-0.25, -0.2) is 4.39 Å². The smallest absolute Gasteiger partial charge is 0.123 e. The van der Waals surface area contributed by atoms with E-state index in [0.717, 1.165) is 42.3 Å². The third kappa shape index (κ3) is 4.46. The zero-order valence-corrected chi connectivity index (χ0v) is 16.3. The molecule has 1 aliphatic heterocycles. The summed E-state index contributed by atoms with van der Waals surface area (Å²) in [5, 5.41) is 4.43. The van der Waals surface area contributed by atoms with Gasteiger partial charge in [-0.05, 0) is 36.8 Å². The minimum atomic E-state index is -0.218. The normalized spacial score (nSPS) is 17.8. The van der Waals surface area contributed by atoms with Crippen LogP contribution in [0.15, 0.2) is 48.7 Å². The number of hydrogen-bond donors (Lipinski definition) is 0. The molecule has 0 N–H and O–H groups in total. The molecule has 4 rings (SSSR count). The number of morpholine rings is 1. The molecule has 6 heteroatoms. The fraction of sp³-hybridized carbons (Fsp3) is 0.364. The fourth-order valence-corrected chi connectivity index (χ4v) is 3.66. The highest BCUT2D eigenvalue weighted by Gasteiger charge is 2.24. The van der Waals surface area contributed by atoms with Crippen molar-refractivity contribution in [2.24, 2.45) is 7.05 Å². The highest BCUT2D eigenvalue weighted by atomic mass is 19.1. The Morgan fingerprint density at radius 2 is 2.00 bits per heavy atom. The lowest BCUT2D eigenvalue weighted by Crippen LogP contribution is -2.38. The summed E-state index contributed by atoms with van der Waals surface area (Å²) in [6, 6.07) is 12.6. The van der Waals surface area contributed by atoms with E-state index >= 15 is 0 Å². The Kier molecular flexibility index (Phi) is 5.50. The molecule has 1 aromatic carbocycles. The zero-order chi connectivity index (χ0) is 19.5. The Morgan fingerprint density at radius 3 is 2.75 bits per heavy atom. The summed E-state index contributed by atoms with van der Waals surface area (Å²) in [5.41, 5.74) is 5.29. The van der Waals surface area contributed by atoms with Gasteiger partial charge in [0.15, 0.2) is 0 Å². The van der Waals surface area contributed by atoms with Gasteiger partial charge in [0.2, 0.25) is 0 Å². The zero-order valence-electron chi connectivity index (χ0n) is 16.3. The molecule has 0 saturated carbocycles. The summed E-state index contributed by atoms with van der Waals surface area (Å²) < 4.78 is 21.0. The third-order valence-electron chi connectivity index (χ3n) is 5.12. The Labute approximate surface area is 164 Å². The first-order valence-corrected chi connectivity index (χ1v) is 9.60. The van der Waals surface area contributed by atoms with Crippen molar-refractivity contribution in [1.82, 2.24) is 19.7 Å². The number of hydrogen-bond acceptors (Lipinski definition) is 4. The van der Waals surface area contributed by atoms with Gasteiger partial charge in [-0.15, -0.1) is 0 Å². The molecule has 1 atom stereocenters. The minimum Gasteiger partial charge on any atom is -0.369 e. The van der Waals surface area contributed by atoms with Crippen molar-refractivity contribution in [3.05, 3.63) is 82.7 Å². The fourth-order valence-electron chi connectivity index (χ4n) is 3.66. The molecule has 0 bridgehead atoms. The number of halogens is 1. The van der Waals surface area contributed by atoms with E-state index < -0.39 is 0 Å². The molecule has 0 amide bonds. The highest BCUT2D eigenvalue weighted by Crippen LogP contribution is 2.23. The topological polar surface area (TPSA) is 43.2 Å². The molecule has 28 heavy (non-hydrogen) atoms. The number of aryl methyl sites for hydroxylation is 2. The highest BCUT2D eigenvalue weighted by molar-refractivity contribution is 5.24. The van der Waals surface area contributed by atoms with E-state index in [-0.39, 0.29) is 11.9 Å². The van der Waals surface area contributed by atoms with Crippen LogP contribution in [0.2, 0.25) is 0 Å². The lowest BCUT2D eigenvalue weighted by molar-refractivity contribution is -0.0351. The molecular formula is C22H25FN4O. The van der Waals surface area contributed by atoms with Crippen molar-refractivity contribution >= 4 is 0 Å². The Balaban J connectivity index is 1.44. The minimum absolute atomic E-state index is 0.0427. The standard InChI is InChI=1S/C22H25FN4O/c1-16-18(13-26(2)25-16)14-27-10-11-28-22(15-27)21-5-3-4-20(24-21)12-17-6-8-19(23)9-7-17/h3-9,13,22H,10-12,14-15H2,1-2H3/t22-/m0/s1. The van der Waals surface area contributed by atoms with Gasteiger partial charge >= 0.3 is 0 Å². The second-order valence-electron chi connectivity index (χ2n) is 7.36. The van der Waals surface area contributed by atoms with E-state index in [9.17, 15) is 4.39 Å². The van der Waals surface area contributed by atoms with E-state index in [2.05, 4.69) is 16.2 Å². The van der Waals surface area contributed by atoms with Gasteiger partial charge < -0.3 is 4.74 Å². The average Bonchev–Trinajstić information content (AvgIpc) is 3.01. The monoisotopic (exact) mass is 380 g/mol. The van der Waals surface area contributed by atoms with Crippen LogP contribution in [0.3, 0.4) is 0 Å². The molecule has 146 valence electrons. The summed E-state index contributed by atoms with van der Waals surface area (Å²) in [7, 11) is 1.95. The number of aromatic nitrogens is 3. The molecule has 1 saturated heterocycles. The van der Waals surface area contributed by atoms with Crippen LogP contribution in [0.25, 0.3) is 0 Å². The Morgan fingerprint density at radius 1 is 1.18 bits per heavy atom. The first-order valence-electron chi connectivity index (χ1n) is 9.60. The van der Waals surface area contributed by atoms with Crippen LogP contribution in [0, 0.1) is 12.7 Å². The third-order valence-corrected chi connectivity index (χ3v) is 5.12. The van der Waals surface area contributed by atoms with Crippen molar-refractivity contribution in [2.45, 2.75) is 26.0 Å². The second kappa shape index (κ2) is 8.20. The quantitative estimate of drug-likeness (QED) is 0.680. The first kappa shape index (κ1) is 18.8. The van der Waals surface area contributed by atoms with Gasteiger partial charge in [0.25, 0.3) is 0 Å². The van der Waals surface area contributed by atoms with Gasteiger partial charge in [0.05, 0.1) is 18.0 Å². The average molecular weight is 380 g/mol. The molecule has 3 aromatic rings. The van der Waals surface area contributed by atoms with Crippen LogP contribution < -0.4 is 0 Å². The van der Waals surface area contributed by atoms with Gasteiger partial charge in [-0.1, -0.05) is 18.2 Å². The number of benzene rings is 1. The van der Waals surface area contributed by atoms with Crippen LogP contribution in [0.4, 0.5) is 4.39 Å². The summed E-state index contributed by atoms with van der Waals surface area (Å²) >= 11 is 0. The van der Waals surface area contributed by atoms with E-state index in [0.29, 0.717) is 13.0 Å². The lowest BCUT2D eigenvalue weighted by Gasteiger charge is -2.32. The molecule has 5 nitrogen and oxygen atoms in total. The van der Waals surface area contributed by atoms with Gasteiger partial charge in [-0.3, -0.25) is 14.6 Å². The van der Waals surface area contributed by atoms with Gasteiger partial charge in [0.1, 0.15) is 11.9 Å². The van der Waals surface area contributed by atoms with Crippen molar-refractivity contribution in [3.63, 3.8) is 0 Å². The summed E-state index contributed by atoms with van der Waals surface area (Å²) in [5.74, 6) is -0.218. The van der Waals surface area contributed by atoms with Crippen molar-refractivity contribution in [2.75, 3.05) is 19.7 Å². The Hall–Kier alpha value is -2.57. The molecule has 2 aromatic heterocycles. The molecule has 0 radical (unpaired) electrons. The maximum Gasteiger partial charge on any atom is 0.123 e. The number of rotatable bonds is 5. The molecule has 0 spiro atoms. The number of pyridine rings is 1.